The summed E-state index contributed by atoms with van der Waals surface area (Å²) in [5.41, 5.74) is 9.47. The standard InChI is InChI=1S/C16H16N4O/c1-20-16(17)14(12-8-5-6-10-18-12)15(19-20)11-7-3-4-9-13(11)21-2/h3-10H,17H2,1-2H3. The van der Waals surface area contributed by atoms with Crippen LogP contribution in [0.3, 0.4) is 0 Å². The zero-order valence-electron chi connectivity index (χ0n) is 11.9. The van der Waals surface area contributed by atoms with Gasteiger partial charge in [-0.05, 0) is 24.3 Å². The highest BCUT2D eigenvalue weighted by molar-refractivity contribution is 5.88. The molecule has 0 aliphatic heterocycles. The van der Waals surface area contributed by atoms with Gasteiger partial charge in [-0.3, -0.25) is 9.67 Å². The zero-order valence-corrected chi connectivity index (χ0v) is 11.9. The molecule has 0 radical (unpaired) electrons. The third-order valence-electron chi connectivity index (χ3n) is 3.37. The minimum absolute atomic E-state index is 0.578. The average Bonchev–Trinajstić information content (AvgIpc) is 2.83. The van der Waals surface area contributed by atoms with E-state index in [1.165, 1.54) is 0 Å². The van der Waals surface area contributed by atoms with Crippen LogP contribution in [0.1, 0.15) is 0 Å². The highest BCUT2D eigenvalue weighted by atomic mass is 16.5. The first-order valence-electron chi connectivity index (χ1n) is 6.59. The highest BCUT2D eigenvalue weighted by Crippen LogP contribution is 2.38. The number of nitrogens with zero attached hydrogens (tertiary/aromatic N) is 3. The highest BCUT2D eigenvalue weighted by Gasteiger charge is 2.20. The molecule has 3 aromatic rings. The lowest BCUT2D eigenvalue weighted by Crippen LogP contribution is -1.98. The summed E-state index contributed by atoms with van der Waals surface area (Å²) in [5, 5.41) is 4.54. The lowest BCUT2D eigenvalue weighted by atomic mass is 10.0. The molecule has 2 heterocycles. The predicted octanol–water partition coefficient (Wildman–Crippen LogP) is 2.74. The smallest absolute Gasteiger partial charge is 0.131 e. The van der Waals surface area contributed by atoms with E-state index in [1.807, 2.05) is 49.5 Å². The molecule has 0 aliphatic rings. The number of hydrogen-bond donors (Lipinski definition) is 1. The van der Waals surface area contributed by atoms with Crippen LogP contribution >= 0.6 is 0 Å². The molecule has 21 heavy (non-hydrogen) atoms. The lowest BCUT2D eigenvalue weighted by Gasteiger charge is -2.08. The Labute approximate surface area is 123 Å². The second-order valence-electron chi connectivity index (χ2n) is 4.65. The van der Waals surface area contributed by atoms with E-state index in [2.05, 4.69) is 10.1 Å². The molecule has 0 amide bonds. The monoisotopic (exact) mass is 280 g/mol. The summed E-state index contributed by atoms with van der Waals surface area (Å²) in [4.78, 5) is 4.39. The SMILES string of the molecule is COc1ccccc1-c1nn(C)c(N)c1-c1ccccn1. The van der Waals surface area contributed by atoms with E-state index in [0.29, 0.717) is 5.82 Å². The van der Waals surface area contributed by atoms with Crippen molar-refractivity contribution in [1.82, 2.24) is 14.8 Å². The molecule has 3 rings (SSSR count). The van der Waals surface area contributed by atoms with Crippen LogP contribution in [0.4, 0.5) is 5.82 Å². The van der Waals surface area contributed by atoms with Gasteiger partial charge in [0.05, 0.1) is 18.4 Å². The zero-order chi connectivity index (χ0) is 14.8. The number of pyridine rings is 1. The van der Waals surface area contributed by atoms with Gasteiger partial charge in [0.15, 0.2) is 0 Å². The van der Waals surface area contributed by atoms with Crippen molar-refractivity contribution >= 4 is 5.82 Å². The van der Waals surface area contributed by atoms with Crippen LogP contribution in [-0.4, -0.2) is 21.9 Å². The number of aromatic nitrogens is 3. The summed E-state index contributed by atoms with van der Waals surface area (Å²) in [6.45, 7) is 0. The average molecular weight is 280 g/mol. The molecule has 0 bridgehead atoms. The van der Waals surface area contributed by atoms with Crippen LogP contribution in [0.2, 0.25) is 0 Å². The van der Waals surface area contributed by atoms with Gasteiger partial charge in [0.2, 0.25) is 0 Å². The number of nitrogens with two attached hydrogens (primary N) is 1. The van der Waals surface area contributed by atoms with E-state index in [-0.39, 0.29) is 0 Å². The molecule has 0 saturated carbocycles. The summed E-state index contributed by atoms with van der Waals surface area (Å²) in [6.07, 6.45) is 1.74. The van der Waals surface area contributed by atoms with Gasteiger partial charge in [-0.15, -0.1) is 0 Å². The van der Waals surface area contributed by atoms with Gasteiger partial charge in [-0.25, -0.2) is 0 Å². The maximum absolute atomic E-state index is 6.18. The first-order chi connectivity index (χ1) is 10.2. The largest absolute Gasteiger partial charge is 0.496 e. The van der Waals surface area contributed by atoms with Crippen LogP contribution < -0.4 is 10.5 Å². The molecule has 0 spiro atoms. The molecule has 1 aromatic carbocycles. The van der Waals surface area contributed by atoms with Crippen LogP contribution in [-0.2, 0) is 7.05 Å². The Morgan fingerprint density at radius 1 is 1.10 bits per heavy atom. The molecule has 0 aliphatic carbocycles. The molecule has 2 N–H and O–H groups in total. The van der Waals surface area contributed by atoms with E-state index < -0.39 is 0 Å². The minimum atomic E-state index is 0.578. The summed E-state index contributed by atoms with van der Waals surface area (Å²) >= 11 is 0. The summed E-state index contributed by atoms with van der Waals surface area (Å²) < 4.78 is 7.09. The van der Waals surface area contributed by atoms with Gasteiger partial charge in [0.25, 0.3) is 0 Å². The third-order valence-corrected chi connectivity index (χ3v) is 3.37. The van der Waals surface area contributed by atoms with Crippen LogP contribution in [0, 0.1) is 0 Å². The van der Waals surface area contributed by atoms with Crippen molar-refractivity contribution in [3.63, 3.8) is 0 Å². The number of methoxy groups -OCH3 is 1. The molecule has 2 aromatic heterocycles. The van der Waals surface area contributed by atoms with Crippen molar-refractivity contribution in [3.8, 4) is 28.3 Å². The van der Waals surface area contributed by atoms with Crippen molar-refractivity contribution in [2.24, 2.45) is 7.05 Å². The first kappa shape index (κ1) is 13.2. The number of nitrogen functional groups attached to an aromatic ring is 1. The van der Waals surface area contributed by atoms with Crippen molar-refractivity contribution in [2.75, 3.05) is 12.8 Å². The Balaban J connectivity index is 2.27. The van der Waals surface area contributed by atoms with Crippen molar-refractivity contribution in [1.29, 1.82) is 0 Å². The van der Waals surface area contributed by atoms with Gasteiger partial charge in [-0.2, -0.15) is 5.10 Å². The minimum Gasteiger partial charge on any atom is -0.496 e. The van der Waals surface area contributed by atoms with Crippen LogP contribution in [0.15, 0.2) is 48.7 Å². The van der Waals surface area contributed by atoms with Gasteiger partial charge in [-0.1, -0.05) is 18.2 Å². The first-order valence-corrected chi connectivity index (χ1v) is 6.59. The van der Waals surface area contributed by atoms with Crippen molar-refractivity contribution in [3.05, 3.63) is 48.7 Å². The predicted molar refractivity (Wildman–Crippen MR) is 82.8 cm³/mol. The number of anilines is 1. The van der Waals surface area contributed by atoms with E-state index in [1.54, 1.807) is 18.0 Å². The summed E-state index contributed by atoms with van der Waals surface area (Å²) in [7, 11) is 3.46. The number of para-hydroxylation sites is 1. The van der Waals surface area contributed by atoms with Crippen LogP contribution in [0.25, 0.3) is 22.5 Å². The quantitative estimate of drug-likeness (QED) is 0.801. The van der Waals surface area contributed by atoms with Crippen molar-refractivity contribution < 1.29 is 4.74 Å². The maximum atomic E-state index is 6.18. The normalized spacial score (nSPS) is 10.6. The van der Waals surface area contributed by atoms with E-state index in [9.17, 15) is 0 Å². The van der Waals surface area contributed by atoms with Gasteiger partial charge < -0.3 is 10.5 Å². The van der Waals surface area contributed by atoms with Gasteiger partial charge in [0, 0.05) is 18.8 Å². The summed E-state index contributed by atoms with van der Waals surface area (Å²) in [5.74, 6) is 1.34. The molecule has 5 heteroatoms. The number of hydrogen-bond acceptors (Lipinski definition) is 4. The van der Waals surface area contributed by atoms with Crippen LogP contribution in [0.5, 0.6) is 5.75 Å². The number of benzene rings is 1. The molecular weight excluding hydrogens is 264 g/mol. The number of rotatable bonds is 3. The third kappa shape index (κ3) is 2.23. The van der Waals surface area contributed by atoms with Gasteiger partial charge >= 0.3 is 0 Å². The molecule has 0 atom stereocenters. The second kappa shape index (κ2) is 5.28. The van der Waals surface area contributed by atoms with Gasteiger partial charge in [0.1, 0.15) is 17.3 Å². The maximum Gasteiger partial charge on any atom is 0.131 e. The van der Waals surface area contributed by atoms with Crippen molar-refractivity contribution in [2.45, 2.75) is 0 Å². The summed E-state index contributed by atoms with van der Waals surface area (Å²) in [6, 6.07) is 13.5. The van der Waals surface area contributed by atoms with E-state index in [0.717, 1.165) is 28.3 Å². The Morgan fingerprint density at radius 3 is 2.57 bits per heavy atom. The molecule has 106 valence electrons. The number of aryl methyl sites for hydroxylation is 1. The molecule has 5 nitrogen and oxygen atoms in total. The Hall–Kier alpha value is -2.82. The lowest BCUT2D eigenvalue weighted by molar-refractivity contribution is 0.416. The number of ether oxygens (including phenoxy) is 1. The Morgan fingerprint density at radius 2 is 1.86 bits per heavy atom. The fraction of sp³-hybridized carbons (Fsp3) is 0.125. The molecule has 0 fully saturated rings. The van der Waals surface area contributed by atoms with E-state index >= 15 is 0 Å². The Bertz CT molecular complexity index is 765. The topological polar surface area (TPSA) is 66.0 Å². The Kier molecular flexibility index (Phi) is 3.31. The molecule has 0 saturated heterocycles. The van der Waals surface area contributed by atoms with E-state index in [4.69, 9.17) is 10.5 Å². The fourth-order valence-electron chi connectivity index (χ4n) is 2.33. The molecular formula is C16H16N4O. The molecule has 0 unspecified atom stereocenters. The second-order valence-corrected chi connectivity index (χ2v) is 4.65. The fourth-order valence-corrected chi connectivity index (χ4v) is 2.33.